The van der Waals surface area contributed by atoms with E-state index in [2.05, 4.69) is 15.4 Å². The summed E-state index contributed by atoms with van der Waals surface area (Å²) in [5, 5.41) is 17.6. The van der Waals surface area contributed by atoms with Crippen LogP contribution in [-0.4, -0.2) is 63.7 Å². The maximum Gasteiger partial charge on any atom is 0.253 e. The Morgan fingerprint density at radius 1 is 1.26 bits per heavy atom. The van der Waals surface area contributed by atoms with Crippen LogP contribution in [0, 0.1) is 0 Å². The fourth-order valence-corrected chi connectivity index (χ4v) is 6.11. The zero-order valence-electron chi connectivity index (χ0n) is 19.3. The smallest absolute Gasteiger partial charge is 0.253 e. The highest BCUT2D eigenvalue weighted by atomic mass is 32.2. The molecule has 0 bridgehead atoms. The number of rotatable bonds is 7. The molecule has 2 N–H and O–H groups in total. The molecule has 2 aromatic heterocycles. The Bertz CT molecular complexity index is 1340. The topological polar surface area (TPSA) is 123 Å². The first kappa shape index (κ1) is 24.1. The summed E-state index contributed by atoms with van der Waals surface area (Å²) in [6, 6.07) is 7.97. The van der Waals surface area contributed by atoms with E-state index in [0.717, 1.165) is 0 Å². The van der Waals surface area contributed by atoms with E-state index < -0.39 is 39.8 Å². The lowest BCUT2D eigenvalue weighted by Crippen LogP contribution is -2.63. The molecule has 1 aliphatic heterocycles. The molecule has 0 saturated carbocycles. The van der Waals surface area contributed by atoms with Crippen LogP contribution in [0.15, 0.2) is 36.5 Å². The van der Waals surface area contributed by atoms with Gasteiger partial charge in [0.25, 0.3) is 5.91 Å². The first-order valence-corrected chi connectivity index (χ1v) is 12.7. The number of amides is 1. The largest absolute Gasteiger partial charge is 0.461 e. The highest BCUT2D eigenvalue weighted by Crippen LogP contribution is 2.32. The van der Waals surface area contributed by atoms with Gasteiger partial charge in [-0.25, -0.2) is 12.8 Å². The van der Waals surface area contributed by atoms with Crippen molar-refractivity contribution in [1.82, 2.24) is 20.1 Å². The highest BCUT2D eigenvalue weighted by molar-refractivity contribution is 7.93. The molecule has 4 rings (SSSR count). The van der Waals surface area contributed by atoms with Crippen molar-refractivity contribution in [2.45, 2.75) is 51.7 Å². The van der Waals surface area contributed by atoms with Crippen molar-refractivity contribution in [3.05, 3.63) is 42.1 Å². The standard InChI is InChI=1S/C23H27FN4O5S/c1-13(14(2)29)28-19-9-17(22(30)26-23(4)11-34(31,32)12-23)10-25-21(19)20(27-28)16-6-5-7-18(8-16)33-15(3)24/h5-10,13-15,29H,11-12H2,1-4H3,(H,26,30)/t13-,14-,15?/m0/s1. The number of sulfone groups is 1. The Kier molecular flexibility index (Phi) is 6.11. The predicted octanol–water partition coefficient (Wildman–Crippen LogP) is 2.65. The third-order valence-corrected chi connectivity index (χ3v) is 7.94. The summed E-state index contributed by atoms with van der Waals surface area (Å²) in [6.45, 7) is 6.40. The van der Waals surface area contributed by atoms with Crippen LogP contribution in [0.5, 0.6) is 5.75 Å². The van der Waals surface area contributed by atoms with Gasteiger partial charge < -0.3 is 15.2 Å². The van der Waals surface area contributed by atoms with Crippen molar-refractivity contribution in [2.75, 3.05) is 11.5 Å². The van der Waals surface area contributed by atoms with Crippen molar-refractivity contribution in [2.24, 2.45) is 0 Å². The van der Waals surface area contributed by atoms with Crippen LogP contribution in [0.4, 0.5) is 4.39 Å². The summed E-state index contributed by atoms with van der Waals surface area (Å²) in [5.41, 5.74) is 1.56. The first-order chi connectivity index (χ1) is 15.9. The van der Waals surface area contributed by atoms with Crippen LogP contribution in [0.2, 0.25) is 0 Å². The third kappa shape index (κ3) is 4.76. The van der Waals surface area contributed by atoms with Crippen LogP contribution in [0.1, 0.15) is 44.1 Å². The summed E-state index contributed by atoms with van der Waals surface area (Å²) in [7, 11) is -3.12. The number of aliphatic hydroxyl groups is 1. The van der Waals surface area contributed by atoms with Gasteiger partial charge in [-0.15, -0.1) is 0 Å². The number of carbonyl (C=O) groups is 1. The minimum atomic E-state index is -3.12. The van der Waals surface area contributed by atoms with Gasteiger partial charge in [0, 0.05) is 18.7 Å². The van der Waals surface area contributed by atoms with Gasteiger partial charge in [-0.3, -0.25) is 14.5 Å². The van der Waals surface area contributed by atoms with Gasteiger partial charge in [-0.05, 0) is 39.0 Å². The second-order valence-corrected chi connectivity index (χ2v) is 11.2. The molecular formula is C23H27FN4O5S. The Morgan fingerprint density at radius 2 is 1.97 bits per heavy atom. The molecule has 1 aromatic carbocycles. The number of benzene rings is 1. The number of carbonyl (C=O) groups excluding carboxylic acids is 1. The number of ether oxygens (including phenoxy) is 1. The van der Waals surface area contributed by atoms with E-state index in [1.165, 1.54) is 13.1 Å². The molecule has 3 heterocycles. The van der Waals surface area contributed by atoms with Crippen molar-refractivity contribution in [1.29, 1.82) is 0 Å². The number of halogens is 1. The van der Waals surface area contributed by atoms with Gasteiger partial charge >= 0.3 is 0 Å². The molecule has 11 heteroatoms. The zero-order chi connectivity index (χ0) is 24.8. The number of hydrogen-bond acceptors (Lipinski definition) is 7. The van der Waals surface area contributed by atoms with Crippen molar-refractivity contribution >= 4 is 26.8 Å². The Hall–Kier alpha value is -3.05. The molecule has 182 valence electrons. The Balaban J connectivity index is 1.75. The molecule has 1 saturated heterocycles. The Labute approximate surface area is 196 Å². The lowest BCUT2D eigenvalue weighted by atomic mass is 10.1. The molecule has 1 unspecified atom stereocenters. The molecule has 0 aliphatic carbocycles. The van der Waals surface area contributed by atoms with Crippen LogP contribution < -0.4 is 10.1 Å². The SMILES string of the molecule is CC(F)Oc1cccc(-c2nn([C@@H](C)[C@H](C)O)c3cc(C(=O)NC4(C)CS(=O)(=O)C4)cnc23)c1. The van der Waals surface area contributed by atoms with E-state index in [4.69, 9.17) is 4.74 Å². The number of pyridine rings is 1. The van der Waals surface area contributed by atoms with E-state index >= 15 is 0 Å². The van der Waals surface area contributed by atoms with Crippen LogP contribution >= 0.6 is 0 Å². The molecule has 1 amide bonds. The van der Waals surface area contributed by atoms with Gasteiger partial charge in [0.2, 0.25) is 6.36 Å². The summed E-state index contributed by atoms with van der Waals surface area (Å²) >= 11 is 0. The number of aliphatic hydroxyl groups excluding tert-OH is 1. The molecule has 34 heavy (non-hydrogen) atoms. The first-order valence-electron chi connectivity index (χ1n) is 10.9. The number of hydrogen-bond donors (Lipinski definition) is 2. The van der Waals surface area contributed by atoms with Gasteiger partial charge in [-0.2, -0.15) is 5.10 Å². The number of alkyl halides is 1. The molecule has 1 fully saturated rings. The Morgan fingerprint density at radius 3 is 2.59 bits per heavy atom. The summed E-state index contributed by atoms with van der Waals surface area (Å²) in [6.07, 6.45) is -0.818. The molecular weight excluding hydrogens is 463 g/mol. The number of nitrogens with zero attached hydrogens (tertiary/aromatic N) is 3. The fraction of sp³-hybridized carbons (Fsp3) is 0.435. The number of nitrogens with one attached hydrogen (secondary N) is 1. The third-order valence-electron chi connectivity index (χ3n) is 5.79. The van der Waals surface area contributed by atoms with Crippen LogP contribution in [-0.2, 0) is 9.84 Å². The average molecular weight is 491 g/mol. The summed E-state index contributed by atoms with van der Waals surface area (Å²) in [5.74, 6) is -0.340. The molecule has 3 aromatic rings. The van der Waals surface area contributed by atoms with Crippen molar-refractivity contribution in [3.63, 3.8) is 0 Å². The minimum absolute atomic E-state index is 0.113. The molecule has 9 nitrogen and oxygen atoms in total. The molecule has 0 spiro atoms. The number of fused-ring (bicyclic) bond motifs is 1. The van der Waals surface area contributed by atoms with E-state index in [1.807, 2.05) is 0 Å². The zero-order valence-corrected chi connectivity index (χ0v) is 20.1. The van der Waals surface area contributed by atoms with Crippen LogP contribution in [0.3, 0.4) is 0 Å². The second-order valence-electron chi connectivity index (χ2n) is 9.10. The van der Waals surface area contributed by atoms with E-state index in [0.29, 0.717) is 28.0 Å². The van der Waals surface area contributed by atoms with Gasteiger partial charge in [-0.1, -0.05) is 12.1 Å². The van der Waals surface area contributed by atoms with Crippen molar-refractivity contribution < 1.29 is 27.4 Å². The van der Waals surface area contributed by atoms with E-state index in [1.54, 1.807) is 55.8 Å². The van der Waals surface area contributed by atoms with E-state index in [9.17, 15) is 22.7 Å². The molecule has 3 atom stereocenters. The summed E-state index contributed by atoms with van der Waals surface area (Å²) in [4.78, 5) is 17.3. The average Bonchev–Trinajstić information content (AvgIpc) is 3.09. The van der Waals surface area contributed by atoms with Crippen LogP contribution in [0.25, 0.3) is 22.3 Å². The number of aromatic nitrogens is 3. The normalized spacial score (nSPS) is 19.1. The lowest BCUT2D eigenvalue weighted by molar-refractivity contribution is 0.0860. The monoisotopic (exact) mass is 490 g/mol. The van der Waals surface area contributed by atoms with E-state index in [-0.39, 0.29) is 17.1 Å². The minimum Gasteiger partial charge on any atom is -0.461 e. The molecule has 0 radical (unpaired) electrons. The lowest BCUT2D eigenvalue weighted by Gasteiger charge is -2.38. The fourth-order valence-electron chi connectivity index (χ4n) is 4.10. The highest BCUT2D eigenvalue weighted by Gasteiger charge is 2.45. The predicted molar refractivity (Wildman–Crippen MR) is 125 cm³/mol. The van der Waals surface area contributed by atoms with Gasteiger partial charge in [0.1, 0.15) is 17.0 Å². The summed E-state index contributed by atoms with van der Waals surface area (Å²) < 4.78 is 43.2. The quantitative estimate of drug-likeness (QED) is 0.522. The van der Waals surface area contributed by atoms with Gasteiger partial charge in [0.05, 0.1) is 40.3 Å². The maximum absolute atomic E-state index is 13.3. The van der Waals surface area contributed by atoms with Gasteiger partial charge in [0.15, 0.2) is 9.84 Å². The maximum atomic E-state index is 13.3. The van der Waals surface area contributed by atoms with Crippen molar-refractivity contribution in [3.8, 4) is 17.0 Å². The molecule has 1 aliphatic rings. The second kappa shape index (κ2) is 8.62.